The maximum atomic E-state index is 12.6. The predicted molar refractivity (Wildman–Crippen MR) is 88.7 cm³/mol. The molecule has 1 aromatic heterocycles. The molecule has 1 amide bonds. The molecule has 9 nitrogen and oxygen atoms in total. The van der Waals surface area contributed by atoms with Gasteiger partial charge in [-0.05, 0) is 18.6 Å². The lowest BCUT2D eigenvalue weighted by molar-refractivity contribution is -0.137. The third-order valence-corrected chi connectivity index (χ3v) is 5.04. The molecule has 1 N–H and O–H groups in total. The number of hydrogen-bond donors (Lipinski definition) is 1. The maximum absolute atomic E-state index is 12.6. The summed E-state index contributed by atoms with van der Waals surface area (Å²) in [5.41, 5.74) is 1.09. The van der Waals surface area contributed by atoms with E-state index in [0.717, 1.165) is 16.1 Å². The molecule has 2 heterocycles. The summed E-state index contributed by atoms with van der Waals surface area (Å²) in [7, 11) is -3.70. The first-order chi connectivity index (χ1) is 11.7. The van der Waals surface area contributed by atoms with Crippen LogP contribution >= 0.6 is 0 Å². The summed E-state index contributed by atoms with van der Waals surface area (Å²) < 4.78 is 29.8. The van der Waals surface area contributed by atoms with E-state index in [-0.39, 0.29) is 25.6 Å². The van der Waals surface area contributed by atoms with Crippen LogP contribution in [0, 0.1) is 6.92 Å². The first kappa shape index (κ1) is 19.3. The van der Waals surface area contributed by atoms with E-state index < -0.39 is 28.6 Å². The maximum Gasteiger partial charge on any atom is 0.318 e. The molecular weight excluding hydrogens is 350 g/mol. The molecule has 2 rings (SSSR count). The number of aryl methyl sites for hydroxylation is 1. The van der Waals surface area contributed by atoms with Gasteiger partial charge in [-0.2, -0.15) is 4.31 Å². The molecule has 0 saturated carbocycles. The number of amides is 1. The molecule has 0 bridgehead atoms. The molecule has 25 heavy (non-hydrogen) atoms. The first-order valence-electron chi connectivity index (χ1n) is 7.68. The molecule has 0 aliphatic carbocycles. The summed E-state index contributed by atoms with van der Waals surface area (Å²) >= 11 is 0. The minimum atomic E-state index is -3.70. The summed E-state index contributed by atoms with van der Waals surface area (Å²) in [6, 6.07) is 3.53. The predicted octanol–water partition coefficient (Wildman–Crippen LogP) is -0.423. The number of hydrogen-bond acceptors (Lipinski definition) is 6. The minimum Gasteiger partial charge on any atom is -0.480 e. The van der Waals surface area contributed by atoms with Gasteiger partial charge in [0.1, 0.15) is 12.2 Å². The second kappa shape index (κ2) is 7.89. The highest BCUT2D eigenvalue weighted by atomic mass is 32.2. The van der Waals surface area contributed by atoms with Crippen molar-refractivity contribution in [2.45, 2.75) is 13.0 Å². The number of nitrogens with zero attached hydrogens (tertiary/aromatic N) is 3. The molecule has 1 saturated heterocycles. The van der Waals surface area contributed by atoms with Gasteiger partial charge >= 0.3 is 5.97 Å². The van der Waals surface area contributed by atoms with Gasteiger partial charge in [-0.3, -0.25) is 14.6 Å². The minimum absolute atomic E-state index is 0.129. The fourth-order valence-electron chi connectivity index (χ4n) is 2.57. The topological polar surface area (TPSA) is 117 Å². The standard InChI is InChI=1S/C15H21N3O6S/c1-11-4-3-5-16-14(11)15(21)17-6-7-24-12(8-17)9-18(10-13(19)20)25(2,22)23/h3-5,12H,6-10H2,1-2H3,(H,19,20). The fraction of sp³-hybridized carbons (Fsp3) is 0.533. The first-order valence-corrected chi connectivity index (χ1v) is 9.52. The molecule has 1 aromatic rings. The van der Waals surface area contributed by atoms with Crippen molar-refractivity contribution in [3.63, 3.8) is 0 Å². The van der Waals surface area contributed by atoms with Crippen LogP contribution in [0.15, 0.2) is 18.3 Å². The van der Waals surface area contributed by atoms with E-state index >= 15 is 0 Å². The average molecular weight is 371 g/mol. The van der Waals surface area contributed by atoms with Gasteiger partial charge < -0.3 is 14.7 Å². The molecule has 1 aliphatic rings. The van der Waals surface area contributed by atoms with Crippen molar-refractivity contribution in [2.75, 3.05) is 39.0 Å². The molecule has 1 unspecified atom stereocenters. The molecular formula is C15H21N3O6S. The van der Waals surface area contributed by atoms with Gasteiger partial charge in [-0.25, -0.2) is 8.42 Å². The van der Waals surface area contributed by atoms with E-state index in [1.54, 1.807) is 24.0 Å². The number of carbonyl (C=O) groups is 2. The van der Waals surface area contributed by atoms with Crippen molar-refractivity contribution in [1.82, 2.24) is 14.2 Å². The highest BCUT2D eigenvalue weighted by molar-refractivity contribution is 7.88. The number of carboxylic acids is 1. The smallest absolute Gasteiger partial charge is 0.318 e. The number of pyridine rings is 1. The number of carboxylic acid groups (broad SMARTS) is 1. The number of sulfonamides is 1. The third-order valence-electron chi connectivity index (χ3n) is 3.83. The number of aliphatic carboxylic acids is 1. The van der Waals surface area contributed by atoms with Crippen LogP contribution in [0.25, 0.3) is 0 Å². The SMILES string of the molecule is Cc1cccnc1C(=O)N1CCOC(CN(CC(=O)O)S(C)(=O)=O)C1. The fourth-order valence-corrected chi connectivity index (χ4v) is 3.35. The van der Waals surface area contributed by atoms with E-state index in [2.05, 4.69) is 4.98 Å². The molecule has 1 atom stereocenters. The van der Waals surface area contributed by atoms with Crippen LogP contribution in [0.2, 0.25) is 0 Å². The number of rotatable bonds is 6. The summed E-state index contributed by atoms with van der Waals surface area (Å²) in [5.74, 6) is -1.51. The molecule has 10 heteroatoms. The Kier molecular flexibility index (Phi) is 6.09. The van der Waals surface area contributed by atoms with Crippen LogP contribution < -0.4 is 0 Å². The van der Waals surface area contributed by atoms with Gasteiger partial charge in [0, 0.05) is 25.8 Å². The van der Waals surface area contributed by atoms with Crippen LogP contribution in [-0.2, 0) is 19.6 Å². The lowest BCUT2D eigenvalue weighted by Crippen LogP contribution is -2.51. The van der Waals surface area contributed by atoms with Crippen molar-refractivity contribution in [3.05, 3.63) is 29.6 Å². The Hall–Kier alpha value is -2.04. The number of ether oxygens (including phenoxy) is 1. The van der Waals surface area contributed by atoms with E-state index in [4.69, 9.17) is 9.84 Å². The van der Waals surface area contributed by atoms with E-state index in [9.17, 15) is 18.0 Å². The van der Waals surface area contributed by atoms with Gasteiger partial charge in [0.15, 0.2) is 0 Å². The van der Waals surface area contributed by atoms with Crippen molar-refractivity contribution in [3.8, 4) is 0 Å². The summed E-state index contributed by atoms with van der Waals surface area (Å²) in [4.78, 5) is 29.1. The van der Waals surface area contributed by atoms with Crippen molar-refractivity contribution < 1.29 is 27.9 Å². The van der Waals surface area contributed by atoms with Gasteiger partial charge in [0.25, 0.3) is 5.91 Å². The lowest BCUT2D eigenvalue weighted by Gasteiger charge is -2.34. The van der Waals surface area contributed by atoms with Gasteiger partial charge in [-0.1, -0.05) is 6.07 Å². The van der Waals surface area contributed by atoms with Crippen molar-refractivity contribution >= 4 is 21.9 Å². The monoisotopic (exact) mass is 371 g/mol. The molecule has 0 spiro atoms. The number of aromatic nitrogens is 1. The molecule has 0 radical (unpaired) electrons. The largest absolute Gasteiger partial charge is 0.480 e. The summed E-state index contributed by atoms with van der Waals surface area (Å²) in [6.07, 6.45) is 1.88. The zero-order valence-corrected chi connectivity index (χ0v) is 14.9. The van der Waals surface area contributed by atoms with Crippen molar-refractivity contribution in [2.24, 2.45) is 0 Å². The summed E-state index contributed by atoms with van der Waals surface area (Å²) in [5, 5.41) is 8.88. The third kappa shape index (κ3) is 5.21. The second-order valence-electron chi connectivity index (χ2n) is 5.86. The quantitative estimate of drug-likeness (QED) is 0.721. The normalized spacial score (nSPS) is 18.4. The Morgan fingerprint density at radius 3 is 2.80 bits per heavy atom. The van der Waals surface area contributed by atoms with Crippen LogP contribution in [0.1, 0.15) is 16.1 Å². The van der Waals surface area contributed by atoms with E-state index in [1.807, 2.05) is 0 Å². The Bertz CT molecular complexity index is 751. The molecule has 1 fully saturated rings. The van der Waals surface area contributed by atoms with E-state index in [1.165, 1.54) is 6.20 Å². The van der Waals surface area contributed by atoms with Gasteiger partial charge in [0.05, 0.1) is 19.0 Å². The Balaban J connectivity index is 2.08. The zero-order valence-electron chi connectivity index (χ0n) is 14.1. The van der Waals surface area contributed by atoms with Crippen LogP contribution in [-0.4, -0.2) is 84.7 Å². The van der Waals surface area contributed by atoms with E-state index in [0.29, 0.717) is 12.2 Å². The second-order valence-corrected chi connectivity index (χ2v) is 7.84. The Morgan fingerprint density at radius 2 is 2.20 bits per heavy atom. The zero-order chi connectivity index (χ0) is 18.6. The van der Waals surface area contributed by atoms with Crippen molar-refractivity contribution in [1.29, 1.82) is 0 Å². The number of morpholine rings is 1. The van der Waals surface area contributed by atoms with Crippen LogP contribution in [0.5, 0.6) is 0 Å². The summed E-state index contributed by atoms with van der Waals surface area (Å²) in [6.45, 7) is 1.79. The number of carbonyl (C=O) groups excluding carboxylic acids is 1. The van der Waals surface area contributed by atoms with Crippen LogP contribution in [0.3, 0.4) is 0 Å². The average Bonchev–Trinajstić information content (AvgIpc) is 2.53. The van der Waals surface area contributed by atoms with Crippen LogP contribution in [0.4, 0.5) is 0 Å². The van der Waals surface area contributed by atoms with Gasteiger partial charge in [-0.15, -0.1) is 0 Å². The van der Waals surface area contributed by atoms with Gasteiger partial charge in [0.2, 0.25) is 10.0 Å². The molecule has 0 aromatic carbocycles. The molecule has 138 valence electrons. The Morgan fingerprint density at radius 1 is 1.48 bits per heavy atom. The highest BCUT2D eigenvalue weighted by Gasteiger charge is 2.30. The highest BCUT2D eigenvalue weighted by Crippen LogP contribution is 2.14. The Labute approximate surface area is 146 Å². The molecule has 1 aliphatic heterocycles. The lowest BCUT2D eigenvalue weighted by atomic mass is 10.1.